The number of aliphatic carboxylic acids is 1. The molecule has 3 atom stereocenters. The number of hydrogen-bond acceptors (Lipinski definition) is 6. The zero-order chi connectivity index (χ0) is 16.8. The molecule has 0 heterocycles. The third-order valence-electron chi connectivity index (χ3n) is 2.55. The van der Waals surface area contributed by atoms with Crippen LogP contribution in [0.15, 0.2) is 0 Å². The first kappa shape index (κ1) is 23.8. The van der Waals surface area contributed by atoms with Crippen molar-refractivity contribution in [2.75, 3.05) is 12.8 Å². The van der Waals surface area contributed by atoms with Gasteiger partial charge in [0.2, 0.25) is 5.91 Å². The van der Waals surface area contributed by atoms with Crippen molar-refractivity contribution in [2.45, 2.75) is 38.4 Å². The van der Waals surface area contributed by atoms with Crippen molar-refractivity contribution in [3.8, 4) is 0 Å². The number of amides is 2. The van der Waals surface area contributed by atoms with Crippen LogP contribution < -0.4 is 51.0 Å². The zero-order valence-electron chi connectivity index (χ0n) is 13.2. The van der Waals surface area contributed by atoms with Gasteiger partial charge < -0.3 is 31.2 Å². The van der Waals surface area contributed by atoms with Gasteiger partial charge >= 0.3 is 29.6 Å². The molecule has 22 heavy (non-hydrogen) atoms. The first-order valence-electron chi connectivity index (χ1n) is 6.26. The van der Waals surface area contributed by atoms with Crippen molar-refractivity contribution >= 4 is 25.2 Å². The summed E-state index contributed by atoms with van der Waals surface area (Å²) in [5.41, 5.74) is 3.81. The summed E-state index contributed by atoms with van der Waals surface area (Å²) in [4.78, 5) is 42.9. The van der Waals surface area contributed by atoms with Crippen LogP contribution in [0.2, 0.25) is 0 Å². The van der Waals surface area contributed by atoms with Crippen LogP contribution in [-0.2, 0) is 18.9 Å². The number of carbonyl (C=O) groups excluding carboxylic acids is 3. The predicted molar refractivity (Wildman–Crippen MR) is 73.2 cm³/mol. The van der Waals surface area contributed by atoms with Gasteiger partial charge in [-0.15, -0.1) is 0 Å². The largest absolute Gasteiger partial charge is 1.00 e. The standard InChI is InChI=1S/C11H22N3O6P.Na/c1-7(9(16)17)13-10(18)11(2,12)14-8(15)5-4-6-21(3,19)20;/h7H,4-6,12H2,1-3H3,(H,13,18)(H,14,15)(H,16,17)(H,19,20);/q;+1/p-1/t7-,11-;/m0./s1. The Morgan fingerprint density at radius 3 is 2.32 bits per heavy atom. The molecule has 0 aromatic heterocycles. The third kappa shape index (κ3) is 10.3. The molecular weight excluding hydrogens is 324 g/mol. The minimum atomic E-state index is -3.18. The molecule has 0 fully saturated rings. The molecule has 0 bridgehead atoms. The van der Waals surface area contributed by atoms with Gasteiger partial charge in [0.25, 0.3) is 5.91 Å². The summed E-state index contributed by atoms with van der Waals surface area (Å²) < 4.78 is 11.0. The molecule has 0 aromatic rings. The number of carboxylic acids is 1. The van der Waals surface area contributed by atoms with E-state index in [0.717, 1.165) is 0 Å². The number of nitrogens with two attached hydrogens (primary N) is 1. The number of nitrogens with one attached hydrogen (secondary N) is 2. The van der Waals surface area contributed by atoms with Crippen molar-refractivity contribution in [3.63, 3.8) is 0 Å². The molecule has 0 spiro atoms. The Morgan fingerprint density at radius 2 is 1.91 bits per heavy atom. The van der Waals surface area contributed by atoms with Crippen LogP contribution in [0, 0.1) is 0 Å². The number of rotatable bonds is 8. The van der Waals surface area contributed by atoms with E-state index < -0.39 is 36.9 Å². The quantitative estimate of drug-likeness (QED) is 0.194. The molecule has 5 N–H and O–H groups in total. The molecule has 0 rings (SSSR count). The first-order chi connectivity index (χ1) is 9.35. The molecule has 1 unspecified atom stereocenters. The van der Waals surface area contributed by atoms with Crippen LogP contribution in [0.25, 0.3) is 0 Å². The molecule has 9 nitrogen and oxygen atoms in total. The molecular formula is C11H21N3NaO6P. The Hall–Kier alpha value is -0.440. The Kier molecular flexibility index (Phi) is 10.4. The summed E-state index contributed by atoms with van der Waals surface area (Å²) in [5.74, 6) is -2.94. The normalized spacial score (nSPS) is 17.1. The Labute approximate surface area is 151 Å². The van der Waals surface area contributed by atoms with Crippen LogP contribution in [0.1, 0.15) is 26.7 Å². The molecule has 0 aliphatic carbocycles. The van der Waals surface area contributed by atoms with Crippen LogP contribution in [0.3, 0.4) is 0 Å². The summed E-state index contributed by atoms with van der Waals surface area (Å²) in [6.07, 6.45) is 0.0768. The number of carboxylic acid groups (broad SMARTS) is 1. The molecule has 0 saturated carbocycles. The fraction of sp³-hybridized carbons (Fsp3) is 0.727. The van der Waals surface area contributed by atoms with E-state index in [-0.39, 0.29) is 48.6 Å². The van der Waals surface area contributed by atoms with Crippen LogP contribution in [-0.4, -0.2) is 47.2 Å². The average molecular weight is 345 g/mol. The molecule has 0 aromatic carbocycles. The third-order valence-corrected chi connectivity index (χ3v) is 3.69. The van der Waals surface area contributed by atoms with Crippen molar-refractivity contribution in [2.24, 2.45) is 5.73 Å². The smallest absolute Gasteiger partial charge is 0.548 e. The van der Waals surface area contributed by atoms with Gasteiger partial charge in [-0.2, -0.15) is 0 Å². The van der Waals surface area contributed by atoms with Crippen LogP contribution in [0.5, 0.6) is 0 Å². The number of hydrogen-bond donors (Lipinski definition) is 4. The van der Waals surface area contributed by atoms with E-state index in [4.69, 9.17) is 10.6 Å². The molecule has 0 aliphatic rings. The van der Waals surface area contributed by atoms with E-state index >= 15 is 0 Å². The van der Waals surface area contributed by atoms with Gasteiger partial charge in [-0.3, -0.25) is 14.2 Å². The van der Waals surface area contributed by atoms with Gasteiger partial charge in [0.1, 0.15) is 0 Å². The Bertz CT molecular complexity index is 465. The molecule has 2 amide bonds. The number of carbonyl (C=O) groups is 3. The van der Waals surface area contributed by atoms with Gasteiger partial charge in [0.05, 0.1) is 12.0 Å². The summed E-state index contributed by atoms with van der Waals surface area (Å²) in [6, 6.07) is -1.25. The van der Waals surface area contributed by atoms with Crippen LogP contribution >= 0.6 is 7.37 Å². The summed E-state index contributed by atoms with van der Waals surface area (Å²) >= 11 is 0. The maximum Gasteiger partial charge on any atom is 1.00 e. The first-order valence-corrected chi connectivity index (χ1v) is 8.55. The van der Waals surface area contributed by atoms with E-state index in [0.29, 0.717) is 0 Å². The van der Waals surface area contributed by atoms with Gasteiger partial charge in [0, 0.05) is 19.2 Å². The van der Waals surface area contributed by atoms with E-state index in [2.05, 4.69) is 10.6 Å². The fourth-order valence-electron chi connectivity index (χ4n) is 1.35. The average Bonchev–Trinajstić information content (AvgIpc) is 2.25. The summed E-state index contributed by atoms with van der Waals surface area (Å²) in [6.45, 7) is 3.59. The van der Waals surface area contributed by atoms with Crippen LogP contribution in [0.4, 0.5) is 0 Å². The van der Waals surface area contributed by atoms with Crippen molar-refractivity contribution in [3.05, 3.63) is 0 Å². The van der Waals surface area contributed by atoms with Gasteiger partial charge in [-0.25, -0.2) is 0 Å². The molecule has 0 radical (unpaired) electrons. The van der Waals surface area contributed by atoms with Gasteiger partial charge in [0.15, 0.2) is 13.0 Å². The SMILES string of the molecule is C[C@H](NC(=O)[C@@](C)(N)NC(=O)CCCP(C)(=O)O)C(=O)[O-].[Na+]. The second-order valence-corrected chi connectivity index (χ2v) is 7.69. The second kappa shape index (κ2) is 9.64. The fourth-order valence-corrected chi connectivity index (χ4v) is 2.09. The molecule has 11 heteroatoms. The predicted octanol–water partition coefficient (Wildman–Crippen LogP) is -5.28. The Balaban J connectivity index is 0. The molecule has 122 valence electrons. The van der Waals surface area contributed by atoms with E-state index in [9.17, 15) is 24.1 Å². The van der Waals surface area contributed by atoms with E-state index in [1.165, 1.54) is 20.5 Å². The Morgan fingerprint density at radius 1 is 1.41 bits per heavy atom. The second-order valence-electron chi connectivity index (χ2n) is 5.14. The maximum atomic E-state index is 11.7. The van der Waals surface area contributed by atoms with Crippen molar-refractivity contribution in [1.82, 2.24) is 10.6 Å². The minimum absolute atomic E-state index is 0. The van der Waals surface area contributed by atoms with Crippen molar-refractivity contribution < 1.29 is 58.5 Å². The van der Waals surface area contributed by atoms with Crippen molar-refractivity contribution in [1.29, 1.82) is 0 Å². The van der Waals surface area contributed by atoms with Gasteiger partial charge in [-0.1, -0.05) is 0 Å². The topological polar surface area (TPSA) is 162 Å². The maximum absolute atomic E-state index is 11.7. The summed E-state index contributed by atoms with van der Waals surface area (Å²) in [5, 5.41) is 14.8. The van der Waals surface area contributed by atoms with E-state index in [1.807, 2.05) is 0 Å². The summed E-state index contributed by atoms with van der Waals surface area (Å²) in [7, 11) is -3.18. The zero-order valence-corrected chi connectivity index (χ0v) is 16.1. The van der Waals surface area contributed by atoms with E-state index in [1.54, 1.807) is 0 Å². The monoisotopic (exact) mass is 345 g/mol. The minimum Gasteiger partial charge on any atom is -0.548 e. The molecule has 0 saturated heterocycles. The van der Waals surface area contributed by atoms with Gasteiger partial charge in [-0.05, 0) is 20.3 Å². The molecule has 0 aliphatic heterocycles.